The van der Waals surface area contributed by atoms with Crippen LogP contribution in [0.25, 0.3) is 0 Å². The van der Waals surface area contributed by atoms with Gasteiger partial charge in [0.1, 0.15) is 0 Å². The summed E-state index contributed by atoms with van der Waals surface area (Å²) in [6, 6.07) is 10.5. The maximum atomic E-state index is 12.4. The number of rotatable bonds is 2. The van der Waals surface area contributed by atoms with E-state index in [4.69, 9.17) is 17.3 Å². The molecule has 0 aliphatic carbocycles. The lowest BCUT2D eigenvalue weighted by Crippen LogP contribution is -2.05. The second-order valence-electron chi connectivity index (χ2n) is 4.03. The van der Waals surface area contributed by atoms with Crippen molar-refractivity contribution in [3.8, 4) is 0 Å². The van der Waals surface area contributed by atoms with E-state index in [1.165, 1.54) is 0 Å². The standard InChI is InChI=1S/C14H11BrClNO/c1-8-2-3-9(15)6-12(8)14(18)11-5-4-10(17)7-13(11)16/h2-7H,17H2,1H3. The topological polar surface area (TPSA) is 43.1 Å². The predicted molar refractivity (Wildman–Crippen MR) is 78.2 cm³/mol. The molecule has 92 valence electrons. The van der Waals surface area contributed by atoms with E-state index in [1.54, 1.807) is 24.3 Å². The van der Waals surface area contributed by atoms with Gasteiger partial charge in [-0.2, -0.15) is 0 Å². The number of benzene rings is 2. The summed E-state index contributed by atoms with van der Waals surface area (Å²) < 4.78 is 0.864. The highest BCUT2D eigenvalue weighted by molar-refractivity contribution is 9.10. The zero-order valence-electron chi connectivity index (χ0n) is 9.71. The Morgan fingerprint density at radius 1 is 1.17 bits per heavy atom. The van der Waals surface area contributed by atoms with Crippen LogP contribution in [0.15, 0.2) is 40.9 Å². The highest BCUT2D eigenvalue weighted by Crippen LogP contribution is 2.25. The fraction of sp³-hybridized carbons (Fsp3) is 0.0714. The molecule has 2 N–H and O–H groups in total. The second-order valence-corrected chi connectivity index (χ2v) is 5.35. The summed E-state index contributed by atoms with van der Waals surface area (Å²) in [5, 5.41) is 0.374. The molecule has 2 nitrogen and oxygen atoms in total. The number of nitrogens with two attached hydrogens (primary N) is 1. The predicted octanol–water partition coefficient (Wildman–Crippen LogP) is 4.22. The van der Waals surface area contributed by atoms with Gasteiger partial charge in [0, 0.05) is 21.3 Å². The molecule has 0 aliphatic rings. The van der Waals surface area contributed by atoms with E-state index in [9.17, 15) is 4.79 Å². The third kappa shape index (κ3) is 2.57. The molecule has 0 amide bonds. The van der Waals surface area contributed by atoms with E-state index in [1.807, 2.05) is 19.1 Å². The van der Waals surface area contributed by atoms with E-state index in [0.717, 1.165) is 10.0 Å². The maximum absolute atomic E-state index is 12.4. The van der Waals surface area contributed by atoms with Gasteiger partial charge in [-0.25, -0.2) is 0 Å². The molecule has 0 saturated carbocycles. The smallest absolute Gasteiger partial charge is 0.194 e. The van der Waals surface area contributed by atoms with Crippen LogP contribution in [0.4, 0.5) is 5.69 Å². The van der Waals surface area contributed by atoms with Crippen LogP contribution in [0.1, 0.15) is 21.5 Å². The Morgan fingerprint density at radius 2 is 1.89 bits per heavy atom. The first-order valence-corrected chi connectivity index (χ1v) is 6.52. The number of carbonyl (C=O) groups is 1. The summed E-state index contributed by atoms with van der Waals surface area (Å²) in [5.74, 6) is -0.0983. The molecule has 0 radical (unpaired) electrons. The van der Waals surface area contributed by atoms with Gasteiger partial charge in [0.05, 0.1) is 5.02 Å². The van der Waals surface area contributed by atoms with Gasteiger partial charge in [-0.1, -0.05) is 33.6 Å². The van der Waals surface area contributed by atoms with Gasteiger partial charge in [-0.15, -0.1) is 0 Å². The molecule has 2 aromatic carbocycles. The fourth-order valence-electron chi connectivity index (χ4n) is 1.70. The highest BCUT2D eigenvalue weighted by Gasteiger charge is 2.15. The SMILES string of the molecule is Cc1ccc(Br)cc1C(=O)c1ccc(N)cc1Cl. The molecule has 0 heterocycles. The summed E-state index contributed by atoms with van der Waals surface area (Å²) >= 11 is 9.42. The Kier molecular flexibility index (Phi) is 3.73. The van der Waals surface area contributed by atoms with E-state index in [2.05, 4.69) is 15.9 Å². The lowest BCUT2D eigenvalue weighted by atomic mass is 9.99. The minimum atomic E-state index is -0.0983. The van der Waals surface area contributed by atoms with Crippen molar-refractivity contribution in [2.45, 2.75) is 6.92 Å². The number of hydrogen-bond acceptors (Lipinski definition) is 2. The van der Waals surface area contributed by atoms with Crippen LogP contribution in [0.3, 0.4) is 0 Å². The van der Waals surface area contributed by atoms with Crippen LogP contribution in [-0.4, -0.2) is 5.78 Å². The number of carbonyl (C=O) groups excluding carboxylic acids is 1. The van der Waals surface area contributed by atoms with Gasteiger partial charge in [0.25, 0.3) is 0 Å². The summed E-state index contributed by atoms with van der Waals surface area (Å²) in [4.78, 5) is 12.4. The molecule has 0 aromatic heterocycles. The van der Waals surface area contributed by atoms with Gasteiger partial charge in [0.15, 0.2) is 5.78 Å². The van der Waals surface area contributed by atoms with Gasteiger partial charge in [-0.05, 0) is 42.8 Å². The molecule has 0 bridgehead atoms. The lowest BCUT2D eigenvalue weighted by molar-refractivity contribution is 0.103. The largest absolute Gasteiger partial charge is 0.399 e. The monoisotopic (exact) mass is 323 g/mol. The van der Waals surface area contributed by atoms with Crippen molar-refractivity contribution in [3.63, 3.8) is 0 Å². The first kappa shape index (κ1) is 13.1. The third-order valence-electron chi connectivity index (χ3n) is 2.68. The Balaban J connectivity index is 2.51. The number of halogens is 2. The lowest BCUT2D eigenvalue weighted by Gasteiger charge is -2.08. The van der Waals surface area contributed by atoms with Gasteiger partial charge < -0.3 is 5.73 Å². The minimum Gasteiger partial charge on any atom is -0.399 e. The molecule has 0 unspecified atom stereocenters. The third-order valence-corrected chi connectivity index (χ3v) is 3.49. The minimum absolute atomic E-state index is 0.0983. The molecule has 0 aliphatic heterocycles. The molecule has 0 saturated heterocycles. The zero-order valence-corrected chi connectivity index (χ0v) is 12.0. The molecule has 18 heavy (non-hydrogen) atoms. The van der Waals surface area contributed by atoms with E-state index in [0.29, 0.717) is 21.8 Å². The molecule has 2 aromatic rings. The maximum Gasteiger partial charge on any atom is 0.194 e. The van der Waals surface area contributed by atoms with Crippen molar-refractivity contribution in [1.82, 2.24) is 0 Å². The first-order valence-electron chi connectivity index (χ1n) is 5.35. The van der Waals surface area contributed by atoms with E-state index >= 15 is 0 Å². The van der Waals surface area contributed by atoms with Crippen molar-refractivity contribution in [2.24, 2.45) is 0 Å². The average molecular weight is 325 g/mol. The van der Waals surface area contributed by atoms with Crippen LogP contribution >= 0.6 is 27.5 Å². The Labute approximate surface area is 119 Å². The normalized spacial score (nSPS) is 10.4. The van der Waals surface area contributed by atoms with E-state index < -0.39 is 0 Å². The van der Waals surface area contributed by atoms with Crippen molar-refractivity contribution < 1.29 is 4.79 Å². The van der Waals surface area contributed by atoms with Crippen LogP contribution in [0.5, 0.6) is 0 Å². The van der Waals surface area contributed by atoms with Gasteiger partial charge >= 0.3 is 0 Å². The second kappa shape index (κ2) is 5.12. The summed E-state index contributed by atoms with van der Waals surface area (Å²) in [7, 11) is 0. The molecule has 0 fully saturated rings. The van der Waals surface area contributed by atoms with Crippen molar-refractivity contribution in [1.29, 1.82) is 0 Å². The Bertz CT molecular complexity index is 625. The van der Waals surface area contributed by atoms with Crippen LogP contribution in [-0.2, 0) is 0 Å². The molecular weight excluding hydrogens is 314 g/mol. The van der Waals surface area contributed by atoms with Crippen LogP contribution in [0.2, 0.25) is 5.02 Å². The Hall–Kier alpha value is -1.32. The van der Waals surface area contributed by atoms with Crippen molar-refractivity contribution in [3.05, 3.63) is 62.6 Å². The van der Waals surface area contributed by atoms with Crippen molar-refractivity contribution in [2.75, 3.05) is 5.73 Å². The summed E-state index contributed by atoms with van der Waals surface area (Å²) in [6.45, 7) is 1.89. The molecule has 4 heteroatoms. The number of ketones is 1. The number of hydrogen-bond donors (Lipinski definition) is 1. The number of anilines is 1. The zero-order chi connectivity index (χ0) is 13.3. The number of aryl methyl sites for hydroxylation is 1. The number of nitrogen functional groups attached to an aromatic ring is 1. The quantitative estimate of drug-likeness (QED) is 0.664. The molecular formula is C14H11BrClNO. The van der Waals surface area contributed by atoms with Crippen molar-refractivity contribution >= 4 is 39.0 Å². The fourth-order valence-corrected chi connectivity index (χ4v) is 2.34. The summed E-state index contributed by atoms with van der Waals surface area (Å²) in [6.07, 6.45) is 0. The molecule has 0 spiro atoms. The van der Waals surface area contributed by atoms with Crippen LogP contribution < -0.4 is 5.73 Å². The van der Waals surface area contributed by atoms with Crippen LogP contribution in [0, 0.1) is 6.92 Å². The molecule has 0 atom stereocenters. The Morgan fingerprint density at radius 3 is 2.56 bits per heavy atom. The first-order chi connectivity index (χ1) is 8.49. The van der Waals surface area contributed by atoms with Gasteiger partial charge in [-0.3, -0.25) is 4.79 Å². The van der Waals surface area contributed by atoms with Gasteiger partial charge in [0.2, 0.25) is 0 Å². The average Bonchev–Trinajstić information content (AvgIpc) is 2.31. The molecule has 2 rings (SSSR count). The highest BCUT2D eigenvalue weighted by atomic mass is 79.9. The van der Waals surface area contributed by atoms with E-state index in [-0.39, 0.29) is 5.78 Å². The summed E-state index contributed by atoms with van der Waals surface area (Å²) in [5.41, 5.74) is 8.17.